The molecule has 0 aromatic carbocycles. The molecule has 71 heavy (non-hydrogen) atoms. The van der Waals surface area contributed by atoms with E-state index in [2.05, 4.69) is 26.0 Å². The van der Waals surface area contributed by atoms with Gasteiger partial charge in [0.15, 0.2) is 18.7 Å². The summed E-state index contributed by atoms with van der Waals surface area (Å²) in [5.74, 6) is -0.949. The molecule has 0 spiro atoms. The standard InChI is InChI=1S/C56H104O15/c1-3-5-7-9-11-13-15-17-18-19-20-21-22-23-24-25-26-27-29-30-32-34-36-38-47(58)66-41-44(69-48(59)39-37-35-33-31-28-16-14-12-10-8-6-4-2)42-67-55-54(65)52(63)50(61)46(71-55)43-68-56-53(64)51(62)49(60)45(40-57)70-56/h30,32,44-46,49-57,60-65H,3-29,31,33-43H2,1-2H3/b32-30+/t44-,45+,46+,49-,50-,51?,52?,53?,54?,55+,56+/m0/s1. The molecular formula is C56H104O15. The molecule has 0 amide bonds. The van der Waals surface area contributed by atoms with E-state index < -0.39 is 92.7 Å². The van der Waals surface area contributed by atoms with E-state index in [0.29, 0.717) is 12.8 Å². The molecule has 4 unspecified atom stereocenters. The van der Waals surface area contributed by atoms with Gasteiger partial charge in [-0.15, -0.1) is 0 Å². The lowest BCUT2D eigenvalue weighted by molar-refractivity contribution is -0.332. The topological polar surface area (TPSA) is 231 Å². The van der Waals surface area contributed by atoms with Crippen LogP contribution in [-0.2, 0) is 38.0 Å². The van der Waals surface area contributed by atoms with Gasteiger partial charge >= 0.3 is 11.9 Å². The fourth-order valence-corrected chi connectivity index (χ4v) is 9.28. The Bertz CT molecular complexity index is 1290. The first-order chi connectivity index (χ1) is 34.5. The molecule has 418 valence electrons. The minimum atomic E-state index is -1.76. The Morgan fingerprint density at radius 2 is 0.817 bits per heavy atom. The predicted octanol–water partition coefficient (Wildman–Crippen LogP) is 9.33. The van der Waals surface area contributed by atoms with Crippen LogP contribution in [-0.4, -0.2) is 142 Å². The predicted molar refractivity (Wildman–Crippen MR) is 275 cm³/mol. The molecule has 2 aliphatic heterocycles. The first kappa shape index (κ1) is 65.4. The summed E-state index contributed by atoms with van der Waals surface area (Å²) in [5, 5.41) is 72.2. The van der Waals surface area contributed by atoms with Crippen molar-refractivity contribution in [2.24, 2.45) is 0 Å². The fourth-order valence-electron chi connectivity index (χ4n) is 9.28. The van der Waals surface area contributed by atoms with E-state index in [0.717, 1.165) is 38.5 Å². The second-order valence-corrected chi connectivity index (χ2v) is 20.5. The molecule has 2 fully saturated rings. The van der Waals surface area contributed by atoms with Gasteiger partial charge in [-0.2, -0.15) is 0 Å². The van der Waals surface area contributed by atoms with E-state index in [-0.39, 0.29) is 26.1 Å². The molecule has 0 aromatic heterocycles. The van der Waals surface area contributed by atoms with E-state index >= 15 is 0 Å². The molecule has 11 atom stereocenters. The van der Waals surface area contributed by atoms with Gasteiger partial charge in [-0.05, 0) is 32.1 Å². The van der Waals surface area contributed by atoms with Crippen molar-refractivity contribution in [2.45, 2.75) is 306 Å². The molecule has 2 heterocycles. The summed E-state index contributed by atoms with van der Waals surface area (Å²) in [6.07, 6.45) is 28.3. The second-order valence-electron chi connectivity index (χ2n) is 20.5. The summed E-state index contributed by atoms with van der Waals surface area (Å²) >= 11 is 0. The molecule has 0 saturated carbocycles. The van der Waals surface area contributed by atoms with Gasteiger partial charge in [0.2, 0.25) is 0 Å². The van der Waals surface area contributed by atoms with Gasteiger partial charge in [-0.1, -0.05) is 206 Å². The minimum Gasteiger partial charge on any atom is -0.462 e. The summed E-state index contributed by atoms with van der Waals surface area (Å²) in [4.78, 5) is 25.8. The number of esters is 2. The third kappa shape index (κ3) is 31.0. The zero-order valence-electron chi connectivity index (χ0n) is 44.5. The van der Waals surface area contributed by atoms with Gasteiger partial charge in [-0.25, -0.2) is 0 Å². The quantitative estimate of drug-likeness (QED) is 0.0171. The van der Waals surface area contributed by atoms with Crippen molar-refractivity contribution >= 4 is 11.9 Å². The van der Waals surface area contributed by atoms with Crippen LogP contribution in [0, 0.1) is 0 Å². The third-order valence-corrected chi connectivity index (χ3v) is 14.0. The number of ether oxygens (including phenoxy) is 6. The van der Waals surface area contributed by atoms with Crippen LogP contribution in [0.3, 0.4) is 0 Å². The number of rotatable bonds is 46. The Labute approximate surface area is 429 Å². The van der Waals surface area contributed by atoms with Gasteiger partial charge in [0.25, 0.3) is 0 Å². The van der Waals surface area contributed by atoms with Gasteiger partial charge in [-0.3, -0.25) is 9.59 Å². The summed E-state index contributed by atoms with van der Waals surface area (Å²) in [6, 6.07) is 0. The highest BCUT2D eigenvalue weighted by atomic mass is 16.7. The van der Waals surface area contributed by atoms with Crippen LogP contribution in [0.25, 0.3) is 0 Å². The maximum absolute atomic E-state index is 13.0. The smallest absolute Gasteiger partial charge is 0.306 e. The SMILES string of the molecule is CCCCCCCCCCCCCCCCCCCC/C=C/CCCC(=O)OC[C@@H](CO[C@@H]1O[C@H](CO[C@@H]2O[C@H](CO)[C@H](O)C(O)C2O)[C@H](O)C(O)C1O)OC(=O)CCCCCCCCCCCCCC. The summed E-state index contributed by atoms with van der Waals surface area (Å²) in [6.45, 7) is 2.60. The molecule has 15 heteroatoms. The molecule has 2 rings (SSSR count). The number of unbranched alkanes of at least 4 members (excludes halogenated alkanes) is 30. The number of allylic oxidation sites excluding steroid dienone is 2. The lowest BCUT2D eigenvalue weighted by Gasteiger charge is -2.42. The van der Waals surface area contributed by atoms with Crippen LogP contribution in [0.1, 0.15) is 239 Å². The molecule has 0 aliphatic carbocycles. The number of carbonyl (C=O) groups excluding carboxylic acids is 2. The second kappa shape index (κ2) is 43.5. The molecule has 2 saturated heterocycles. The van der Waals surface area contributed by atoms with Crippen molar-refractivity contribution in [3.8, 4) is 0 Å². The maximum Gasteiger partial charge on any atom is 0.306 e. The average molecular weight is 1020 g/mol. The molecule has 15 nitrogen and oxygen atoms in total. The van der Waals surface area contributed by atoms with Crippen LogP contribution in [0.15, 0.2) is 12.2 Å². The molecule has 0 aromatic rings. The minimum absolute atomic E-state index is 0.165. The van der Waals surface area contributed by atoms with E-state index in [1.165, 1.54) is 161 Å². The van der Waals surface area contributed by atoms with Gasteiger partial charge in [0, 0.05) is 12.8 Å². The van der Waals surface area contributed by atoms with Gasteiger partial charge in [0.05, 0.1) is 19.8 Å². The molecular weight excluding hydrogens is 913 g/mol. The Morgan fingerprint density at radius 3 is 1.28 bits per heavy atom. The Kier molecular flexibility index (Phi) is 40.0. The van der Waals surface area contributed by atoms with Gasteiger partial charge in [0.1, 0.15) is 55.4 Å². The third-order valence-electron chi connectivity index (χ3n) is 14.0. The number of carbonyl (C=O) groups is 2. The van der Waals surface area contributed by atoms with Crippen molar-refractivity contribution in [1.29, 1.82) is 0 Å². The zero-order valence-corrected chi connectivity index (χ0v) is 44.5. The normalized spacial score (nSPS) is 25.2. The highest BCUT2D eigenvalue weighted by Gasteiger charge is 2.47. The maximum atomic E-state index is 13.0. The Balaban J connectivity index is 1.72. The van der Waals surface area contributed by atoms with Crippen molar-refractivity contribution in [3.63, 3.8) is 0 Å². The van der Waals surface area contributed by atoms with E-state index in [9.17, 15) is 45.3 Å². The highest BCUT2D eigenvalue weighted by Crippen LogP contribution is 2.27. The van der Waals surface area contributed by atoms with Crippen LogP contribution in [0.5, 0.6) is 0 Å². The summed E-state index contributed by atoms with van der Waals surface area (Å²) in [5.41, 5.74) is 0. The summed E-state index contributed by atoms with van der Waals surface area (Å²) in [7, 11) is 0. The average Bonchev–Trinajstić information content (AvgIpc) is 3.36. The van der Waals surface area contributed by atoms with Crippen molar-refractivity contribution < 1.29 is 73.8 Å². The van der Waals surface area contributed by atoms with Crippen LogP contribution in [0.2, 0.25) is 0 Å². The Morgan fingerprint density at radius 1 is 0.437 bits per heavy atom. The summed E-state index contributed by atoms with van der Waals surface area (Å²) < 4.78 is 33.6. The molecule has 7 N–H and O–H groups in total. The largest absolute Gasteiger partial charge is 0.462 e. The van der Waals surface area contributed by atoms with Crippen molar-refractivity contribution in [2.75, 3.05) is 26.4 Å². The Hall–Kier alpha value is -1.76. The molecule has 0 bridgehead atoms. The van der Waals surface area contributed by atoms with Crippen LogP contribution >= 0.6 is 0 Å². The van der Waals surface area contributed by atoms with Gasteiger partial charge < -0.3 is 64.2 Å². The fraction of sp³-hybridized carbons (Fsp3) is 0.929. The lowest BCUT2D eigenvalue weighted by Crippen LogP contribution is -2.61. The number of aliphatic hydroxyl groups excluding tert-OH is 7. The highest BCUT2D eigenvalue weighted by molar-refractivity contribution is 5.70. The van der Waals surface area contributed by atoms with E-state index in [1.54, 1.807) is 0 Å². The molecule has 0 radical (unpaired) electrons. The first-order valence-corrected chi connectivity index (χ1v) is 28.8. The monoisotopic (exact) mass is 1020 g/mol. The molecule has 2 aliphatic rings. The lowest BCUT2D eigenvalue weighted by atomic mass is 9.98. The number of hydrogen-bond donors (Lipinski definition) is 7. The van der Waals surface area contributed by atoms with Crippen LogP contribution < -0.4 is 0 Å². The zero-order chi connectivity index (χ0) is 51.7. The van der Waals surface area contributed by atoms with Crippen molar-refractivity contribution in [1.82, 2.24) is 0 Å². The van der Waals surface area contributed by atoms with Crippen LogP contribution in [0.4, 0.5) is 0 Å². The van der Waals surface area contributed by atoms with E-state index in [1.807, 2.05) is 0 Å². The number of aliphatic hydroxyl groups is 7. The van der Waals surface area contributed by atoms with E-state index in [4.69, 9.17) is 28.4 Å². The number of hydrogen-bond acceptors (Lipinski definition) is 15. The first-order valence-electron chi connectivity index (χ1n) is 28.8. The van der Waals surface area contributed by atoms with Crippen molar-refractivity contribution in [3.05, 3.63) is 12.2 Å².